The Morgan fingerprint density at radius 3 is 2.71 bits per heavy atom. The predicted molar refractivity (Wildman–Crippen MR) is 99.6 cm³/mol. The predicted octanol–water partition coefficient (Wildman–Crippen LogP) is 1.86. The van der Waals surface area contributed by atoms with Crippen molar-refractivity contribution >= 4 is 5.96 Å². The molecule has 1 heterocycles. The highest BCUT2D eigenvalue weighted by atomic mass is 16.5. The first-order chi connectivity index (χ1) is 11.6. The lowest BCUT2D eigenvalue weighted by Gasteiger charge is -2.12. The second kappa shape index (κ2) is 12.6. The molecule has 6 nitrogen and oxygen atoms in total. The second-order valence-electron chi connectivity index (χ2n) is 6.16. The van der Waals surface area contributed by atoms with Crippen LogP contribution >= 0.6 is 0 Å². The Balaban J connectivity index is 2.06. The van der Waals surface area contributed by atoms with E-state index in [-0.39, 0.29) is 5.56 Å². The zero-order chi connectivity index (χ0) is 17.6. The fourth-order valence-electron chi connectivity index (χ4n) is 2.14. The van der Waals surface area contributed by atoms with Gasteiger partial charge in [0.2, 0.25) is 5.56 Å². The van der Waals surface area contributed by atoms with Gasteiger partial charge in [0.1, 0.15) is 0 Å². The number of hydrogen-bond donors (Lipinski definition) is 2. The summed E-state index contributed by atoms with van der Waals surface area (Å²) in [5.74, 6) is 1.47. The summed E-state index contributed by atoms with van der Waals surface area (Å²) in [6.07, 6.45) is 4.85. The summed E-state index contributed by atoms with van der Waals surface area (Å²) in [7, 11) is 1.76. The molecule has 0 aliphatic rings. The lowest BCUT2D eigenvalue weighted by molar-refractivity contribution is 0.128. The number of guanidine groups is 1. The monoisotopic (exact) mass is 336 g/mol. The molecule has 136 valence electrons. The van der Waals surface area contributed by atoms with Gasteiger partial charge in [-0.1, -0.05) is 19.9 Å². The largest absolute Gasteiger partial charge is 0.380 e. The number of ether oxygens (including phenoxy) is 1. The molecule has 0 radical (unpaired) electrons. The topological polar surface area (TPSA) is 67.7 Å². The normalized spacial score (nSPS) is 11.8. The molecule has 1 aromatic rings. The number of nitrogens with one attached hydrogen (secondary N) is 2. The Morgan fingerprint density at radius 1 is 1.21 bits per heavy atom. The van der Waals surface area contributed by atoms with E-state index in [1.54, 1.807) is 23.7 Å². The van der Waals surface area contributed by atoms with Crippen molar-refractivity contribution in [1.29, 1.82) is 0 Å². The van der Waals surface area contributed by atoms with Gasteiger partial charge in [0, 0.05) is 45.6 Å². The molecule has 0 fully saturated rings. The van der Waals surface area contributed by atoms with Crippen molar-refractivity contribution in [1.82, 2.24) is 15.2 Å². The van der Waals surface area contributed by atoms with Crippen LogP contribution in [0.5, 0.6) is 0 Å². The smallest absolute Gasteiger partial charge is 0.250 e. The lowest BCUT2D eigenvalue weighted by atomic mass is 10.1. The van der Waals surface area contributed by atoms with Crippen molar-refractivity contribution in [3.05, 3.63) is 34.7 Å². The Kier molecular flexibility index (Phi) is 10.6. The minimum atomic E-state index is 0.0559. The van der Waals surface area contributed by atoms with E-state index in [2.05, 4.69) is 29.5 Å². The molecule has 0 aliphatic carbocycles. The quantitative estimate of drug-likeness (QED) is 0.368. The van der Waals surface area contributed by atoms with Gasteiger partial charge >= 0.3 is 0 Å². The van der Waals surface area contributed by atoms with Crippen LogP contribution in [-0.4, -0.2) is 43.9 Å². The fraction of sp³-hybridized carbons (Fsp3) is 0.667. The lowest BCUT2D eigenvalue weighted by Crippen LogP contribution is -2.39. The molecule has 0 spiro atoms. The number of unbranched alkanes of at least 4 members (excludes halogenated alkanes) is 1. The summed E-state index contributed by atoms with van der Waals surface area (Å²) in [6.45, 7) is 8.21. The van der Waals surface area contributed by atoms with E-state index >= 15 is 0 Å². The van der Waals surface area contributed by atoms with E-state index in [1.807, 2.05) is 12.3 Å². The highest BCUT2D eigenvalue weighted by Gasteiger charge is 1.98. The summed E-state index contributed by atoms with van der Waals surface area (Å²) < 4.78 is 7.30. The zero-order valence-electron chi connectivity index (χ0n) is 15.3. The van der Waals surface area contributed by atoms with Gasteiger partial charge in [-0.3, -0.25) is 9.79 Å². The SMILES string of the molecule is CN=C(NCCCCn1ccccc1=O)NCCOCCC(C)C. The summed E-state index contributed by atoms with van der Waals surface area (Å²) in [5.41, 5.74) is 0.0559. The van der Waals surface area contributed by atoms with E-state index in [1.165, 1.54) is 0 Å². The number of pyridine rings is 1. The Labute approximate surface area is 145 Å². The summed E-state index contributed by atoms with van der Waals surface area (Å²) in [4.78, 5) is 15.8. The molecule has 0 atom stereocenters. The van der Waals surface area contributed by atoms with Gasteiger partial charge < -0.3 is 19.9 Å². The maximum atomic E-state index is 11.6. The van der Waals surface area contributed by atoms with Gasteiger partial charge in [-0.2, -0.15) is 0 Å². The van der Waals surface area contributed by atoms with Gasteiger partial charge in [0.25, 0.3) is 0 Å². The van der Waals surface area contributed by atoms with Crippen LogP contribution in [0.1, 0.15) is 33.1 Å². The highest BCUT2D eigenvalue weighted by Crippen LogP contribution is 1.98. The Bertz CT molecular complexity index is 526. The minimum absolute atomic E-state index is 0.0559. The molecular formula is C18H32N4O2. The van der Waals surface area contributed by atoms with E-state index in [4.69, 9.17) is 4.74 Å². The second-order valence-corrected chi connectivity index (χ2v) is 6.16. The van der Waals surface area contributed by atoms with Crippen LogP contribution in [0.15, 0.2) is 34.2 Å². The number of aryl methyl sites for hydroxylation is 1. The third kappa shape index (κ3) is 9.35. The average molecular weight is 336 g/mol. The minimum Gasteiger partial charge on any atom is -0.380 e. The van der Waals surface area contributed by atoms with Gasteiger partial charge in [0.05, 0.1) is 6.61 Å². The molecule has 0 aromatic carbocycles. The van der Waals surface area contributed by atoms with Gasteiger partial charge in [-0.05, 0) is 31.2 Å². The molecule has 0 bridgehead atoms. The van der Waals surface area contributed by atoms with Crippen molar-refractivity contribution in [2.45, 2.75) is 39.7 Å². The molecule has 24 heavy (non-hydrogen) atoms. The van der Waals surface area contributed by atoms with Crippen molar-refractivity contribution in [2.75, 3.05) is 33.4 Å². The van der Waals surface area contributed by atoms with Crippen LogP contribution in [0.3, 0.4) is 0 Å². The van der Waals surface area contributed by atoms with Crippen molar-refractivity contribution in [2.24, 2.45) is 10.9 Å². The summed E-state index contributed by atoms with van der Waals surface area (Å²) >= 11 is 0. The standard InChI is InChI=1S/C18H32N4O2/c1-16(2)9-14-24-15-11-21-18(19-3)20-10-5-7-13-22-12-6-4-8-17(22)23/h4,6,8,12,16H,5,7,9-11,13-15H2,1-3H3,(H2,19,20,21). The van der Waals surface area contributed by atoms with E-state index in [9.17, 15) is 4.79 Å². The van der Waals surface area contributed by atoms with Crippen LogP contribution < -0.4 is 16.2 Å². The van der Waals surface area contributed by atoms with Crippen LogP contribution in [-0.2, 0) is 11.3 Å². The van der Waals surface area contributed by atoms with Crippen molar-refractivity contribution in [3.63, 3.8) is 0 Å². The Morgan fingerprint density at radius 2 is 2.00 bits per heavy atom. The number of hydrogen-bond acceptors (Lipinski definition) is 3. The van der Waals surface area contributed by atoms with E-state index in [0.29, 0.717) is 12.5 Å². The van der Waals surface area contributed by atoms with Crippen LogP contribution in [0, 0.1) is 5.92 Å². The van der Waals surface area contributed by atoms with Gasteiger partial charge in [-0.15, -0.1) is 0 Å². The molecule has 0 unspecified atom stereocenters. The molecule has 1 aromatic heterocycles. The van der Waals surface area contributed by atoms with Crippen molar-refractivity contribution < 1.29 is 4.74 Å². The van der Waals surface area contributed by atoms with Crippen LogP contribution in [0.4, 0.5) is 0 Å². The molecule has 0 saturated heterocycles. The third-order valence-electron chi connectivity index (χ3n) is 3.62. The number of rotatable bonds is 11. The molecule has 0 aliphatic heterocycles. The van der Waals surface area contributed by atoms with Gasteiger partial charge in [-0.25, -0.2) is 0 Å². The fourth-order valence-corrected chi connectivity index (χ4v) is 2.14. The molecule has 0 amide bonds. The molecule has 1 rings (SSSR count). The first-order valence-corrected chi connectivity index (χ1v) is 8.81. The maximum absolute atomic E-state index is 11.6. The van der Waals surface area contributed by atoms with Crippen LogP contribution in [0.2, 0.25) is 0 Å². The van der Waals surface area contributed by atoms with Crippen molar-refractivity contribution in [3.8, 4) is 0 Å². The first kappa shape index (κ1) is 20.2. The summed E-state index contributed by atoms with van der Waals surface area (Å²) in [6, 6.07) is 5.24. The number of aliphatic imine (C=N–C) groups is 1. The maximum Gasteiger partial charge on any atom is 0.250 e. The highest BCUT2D eigenvalue weighted by molar-refractivity contribution is 5.79. The zero-order valence-corrected chi connectivity index (χ0v) is 15.3. The molecular weight excluding hydrogens is 304 g/mol. The summed E-state index contributed by atoms with van der Waals surface area (Å²) in [5, 5.41) is 6.51. The average Bonchev–Trinajstić information content (AvgIpc) is 2.57. The first-order valence-electron chi connectivity index (χ1n) is 8.81. The van der Waals surface area contributed by atoms with Gasteiger partial charge in [0.15, 0.2) is 5.96 Å². The Hall–Kier alpha value is -1.82. The third-order valence-corrected chi connectivity index (χ3v) is 3.62. The molecule has 0 saturated carbocycles. The van der Waals surface area contributed by atoms with E-state index in [0.717, 1.165) is 51.5 Å². The van der Waals surface area contributed by atoms with Crippen LogP contribution in [0.25, 0.3) is 0 Å². The van der Waals surface area contributed by atoms with E-state index < -0.39 is 0 Å². The molecule has 2 N–H and O–H groups in total. The molecule has 6 heteroatoms. The number of nitrogens with zero attached hydrogens (tertiary/aromatic N) is 2. The number of aromatic nitrogens is 1.